The molecule has 0 bridgehead atoms. The van der Waals surface area contributed by atoms with E-state index in [9.17, 15) is 26.2 Å². The van der Waals surface area contributed by atoms with Crippen LogP contribution in [0, 0.1) is 0 Å². The van der Waals surface area contributed by atoms with Crippen LogP contribution in [0.1, 0.15) is 5.56 Å². The van der Waals surface area contributed by atoms with Crippen LogP contribution in [0.3, 0.4) is 0 Å². The quantitative estimate of drug-likeness (QED) is 0.186. The Kier molecular flexibility index (Phi) is 9.53. The lowest BCUT2D eigenvalue weighted by atomic mass is 10.0. The van der Waals surface area contributed by atoms with E-state index in [1.54, 1.807) is 96.2 Å². The Bertz CT molecular complexity index is 2430. The number of hydrogen-bond acceptors (Lipinski definition) is 9. The van der Waals surface area contributed by atoms with E-state index in [1.165, 1.54) is 0 Å². The molecule has 1 aliphatic heterocycles. The second kappa shape index (κ2) is 14.2. The number of amides is 1. The van der Waals surface area contributed by atoms with Gasteiger partial charge in [0, 0.05) is 66.0 Å². The molecule has 7 rings (SSSR count). The minimum absolute atomic E-state index is 0.161. The number of hydrogen-bond donors (Lipinski definition) is 2. The van der Waals surface area contributed by atoms with Gasteiger partial charge in [0.15, 0.2) is 14.9 Å². The monoisotopic (exact) mass is 721 g/mol. The third kappa shape index (κ3) is 7.47. The first-order valence-electron chi connectivity index (χ1n) is 16.4. The molecule has 2 N–H and O–H groups in total. The summed E-state index contributed by atoms with van der Waals surface area (Å²) in [6.45, 7) is 2.25. The largest absolute Gasteiger partial charge is 0.368 e. The Morgan fingerprint density at radius 1 is 0.784 bits per heavy atom. The maximum absolute atomic E-state index is 14.1. The van der Waals surface area contributed by atoms with Gasteiger partial charge in [-0.3, -0.25) is 19.6 Å². The molecule has 3 heterocycles. The number of fused-ring (bicyclic) bond motifs is 2. The highest BCUT2D eigenvalue weighted by molar-refractivity contribution is 7.91. The zero-order chi connectivity index (χ0) is 35.6. The van der Waals surface area contributed by atoms with E-state index >= 15 is 0 Å². The highest BCUT2D eigenvalue weighted by Gasteiger charge is 2.30. The van der Waals surface area contributed by atoms with E-state index in [1.807, 2.05) is 30.3 Å². The molecule has 0 spiro atoms. The van der Waals surface area contributed by atoms with E-state index in [4.69, 9.17) is 0 Å². The molecule has 1 atom stereocenters. The molecule has 2 aromatic heterocycles. The van der Waals surface area contributed by atoms with Crippen molar-refractivity contribution in [1.82, 2.24) is 20.2 Å². The first-order chi connectivity index (χ1) is 24.6. The van der Waals surface area contributed by atoms with Crippen molar-refractivity contribution < 1.29 is 26.2 Å². The zero-order valence-electron chi connectivity index (χ0n) is 27.5. The van der Waals surface area contributed by atoms with Gasteiger partial charge in [0.25, 0.3) is 0 Å². The van der Waals surface area contributed by atoms with Crippen LogP contribution >= 0.6 is 0 Å². The SMILES string of the molecule is O=C(C(Cc1ccc(-c2cc3ccccc3c(S(=O)(=O)O)n2)cc1)NCS(=O)(=O)c1cccc2cnccc12)N1CCN(c2ccccc2)CC1. The number of pyridine rings is 2. The normalized spacial score (nSPS) is 14.5. The molecule has 1 saturated heterocycles. The average molecular weight is 722 g/mol. The van der Waals surface area contributed by atoms with Gasteiger partial charge in [-0.25, -0.2) is 13.4 Å². The van der Waals surface area contributed by atoms with Gasteiger partial charge in [-0.2, -0.15) is 8.42 Å². The molecule has 0 saturated carbocycles. The fraction of sp³-hybridized carbons (Fsp3) is 0.184. The number of nitrogens with one attached hydrogen (secondary N) is 1. The maximum Gasteiger partial charge on any atom is 0.312 e. The number of para-hydroxylation sites is 1. The van der Waals surface area contributed by atoms with Crippen LogP contribution in [0.25, 0.3) is 32.8 Å². The van der Waals surface area contributed by atoms with Crippen LogP contribution in [0.2, 0.25) is 0 Å². The van der Waals surface area contributed by atoms with E-state index < -0.39 is 36.9 Å². The van der Waals surface area contributed by atoms with Gasteiger partial charge in [0.05, 0.1) is 16.6 Å². The minimum Gasteiger partial charge on any atom is -0.368 e. The van der Waals surface area contributed by atoms with Crippen molar-refractivity contribution in [2.75, 3.05) is 37.0 Å². The van der Waals surface area contributed by atoms with Gasteiger partial charge < -0.3 is 9.80 Å². The number of sulfone groups is 1. The van der Waals surface area contributed by atoms with E-state index in [0.29, 0.717) is 59.0 Å². The maximum atomic E-state index is 14.1. The van der Waals surface area contributed by atoms with E-state index in [-0.39, 0.29) is 17.2 Å². The summed E-state index contributed by atoms with van der Waals surface area (Å²) in [6.07, 6.45) is 3.37. The molecule has 1 unspecified atom stereocenters. The predicted octanol–water partition coefficient (Wildman–Crippen LogP) is 4.98. The summed E-state index contributed by atoms with van der Waals surface area (Å²) in [5.41, 5.74) is 2.80. The third-order valence-corrected chi connectivity index (χ3v) is 11.5. The molecule has 0 aliphatic carbocycles. The average Bonchev–Trinajstić information content (AvgIpc) is 3.16. The van der Waals surface area contributed by atoms with Gasteiger partial charge in [0.2, 0.25) is 5.91 Å². The molecule has 4 aromatic carbocycles. The molecule has 260 valence electrons. The first kappa shape index (κ1) is 34.2. The number of aromatic nitrogens is 2. The lowest BCUT2D eigenvalue weighted by Gasteiger charge is -2.37. The second-order valence-electron chi connectivity index (χ2n) is 12.4. The van der Waals surface area contributed by atoms with E-state index in [2.05, 4.69) is 20.2 Å². The number of rotatable bonds is 10. The molecule has 51 heavy (non-hydrogen) atoms. The zero-order valence-corrected chi connectivity index (χ0v) is 29.1. The van der Waals surface area contributed by atoms with Crippen molar-refractivity contribution in [2.45, 2.75) is 22.4 Å². The standard InChI is InChI=1S/C38H35N5O6S2/c44-38(43-21-19-42(20-22-43)31-9-2-1-3-10-31)35(40-26-50(45,46)36-12-6-8-30-25-39-18-17-32(30)36)23-27-13-15-28(16-14-27)34-24-29-7-4-5-11-33(29)37(41-34)51(47,48)49/h1-18,24-25,35,40H,19-23,26H2,(H,47,48,49). The Morgan fingerprint density at radius 3 is 2.24 bits per heavy atom. The van der Waals surface area contributed by atoms with Crippen molar-refractivity contribution in [1.29, 1.82) is 0 Å². The van der Waals surface area contributed by atoms with Crippen molar-refractivity contribution in [3.05, 3.63) is 127 Å². The van der Waals surface area contributed by atoms with Crippen LogP contribution in [-0.4, -0.2) is 80.3 Å². The Hall–Kier alpha value is -5.21. The van der Waals surface area contributed by atoms with Crippen molar-refractivity contribution >= 4 is 53.1 Å². The van der Waals surface area contributed by atoms with Crippen LogP contribution in [0.5, 0.6) is 0 Å². The summed E-state index contributed by atoms with van der Waals surface area (Å²) in [7, 11) is -8.45. The summed E-state index contributed by atoms with van der Waals surface area (Å²) < 4.78 is 61.7. The molecular formula is C38H35N5O6S2. The van der Waals surface area contributed by atoms with Crippen LogP contribution in [-0.2, 0) is 31.2 Å². The number of benzene rings is 4. The summed E-state index contributed by atoms with van der Waals surface area (Å²) in [4.78, 5) is 26.6. The van der Waals surface area contributed by atoms with Crippen LogP contribution in [0.15, 0.2) is 132 Å². The van der Waals surface area contributed by atoms with Crippen molar-refractivity contribution in [2.24, 2.45) is 0 Å². The summed E-state index contributed by atoms with van der Waals surface area (Å²) >= 11 is 0. The van der Waals surface area contributed by atoms with Crippen molar-refractivity contribution in [3.63, 3.8) is 0 Å². The molecule has 1 aliphatic rings. The summed E-state index contributed by atoms with van der Waals surface area (Å²) in [5.74, 6) is -0.648. The van der Waals surface area contributed by atoms with Gasteiger partial charge in [-0.15, -0.1) is 0 Å². The summed E-state index contributed by atoms with van der Waals surface area (Å²) in [6, 6.07) is 31.5. The number of carbonyl (C=O) groups is 1. The van der Waals surface area contributed by atoms with Crippen LogP contribution in [0.4, 0.5) is 5.69 Å². The van der Waals surface area contributed by atoms with Gasteiger partial charge in [-0.1, -0.05) is 78.9 Å². The fourth-order valence-electron chi connectivity index (χ4n) is 6.50. The Balaban J connectivity index is 1.14. The molecule has 1 fully saturated rings. The number of anilines is 1. The van der Waals surface area contributed by atoms with Gasteiger partial charge in [-0.05, 0) is 47.7 Å². The lowest BCUT2D eigenvalue weighted by molar-refractivity contribution is -0.133. The highest BCUT2D eigenvalue weighted by Crippen LogP contribution is 2.28. The van der Waals surface area contributed by atoms with Crippen LogP contribution < -0.4 is 10.2 Å². The Morgan fingerprint density at radius 2 is 1.49 bits per heavy atom. The number of carbonyl (C=O) groups excluding carboxylic acids is 1. The first-order valence-corrected chi connectivity index (χ1v) is 19.5. The second-order valence-corrected chi connectivity index (χ2v) is 15.7. The highest BCUT2D eigenvalue weighted by atomic mass is 32.2. The smallest absolute Gasteiger partial charge is 0.312 e. The van der Waals surface area contributed by atoms with E-state index in [0.717, 1.165) is 11.3 Å². The molecule has 11 nitrogen and oxygen atoms in total. The van der Waals surface area contributed by atoms with Crippen molar-refractivity contribution in [3.8, 4) is 11.3 Å². The molecular weight excluding hydrogens is 687 g/mol. The third-order valence-electron chi connectivity index (χ3n) is 9.15. The Labute approximate surface area is 296 Å². The lowest BCUT2D eigenvalue weighted by Crippen LogP contribution is -2.55. The topological polar surface area (TPSA) is 150 Å². The molecule has 1 amide bonds. The number of nitrogens with zero attached hydrogens (tertiary/aromatic N) is 4. The predicted molar refractivity (Wildman–Crippen MR) is 197 cm³/mol. The van der Waals surface area contributed by atoms with Gasteiger partial charge in [0.1, 0.15) is 5.88 Å². The molecule has 13 heteroatoms. The summed E-state index contributed by atoms with van der Waals surface area (Å²) in [5, 5.41) is 4.84. The molecule has 0 radical (unpaired) electrons. The van der Waals surface area contributed by atoms with Gasteiger partial charge >= 0.3 is 10.1 Å². The fourth-order valence-corrected chi connectivity index (χ4v) is 8.56. The molecule has 6 aromatic rings. The number of piperazine rings is 1. The minimum atomic E-state index is -4.59.